The first-order valence-electron chi connectivity index (χ1n) is 5.48. The summed E-state index contributed by atoms with van der Waals surface area (Å²) in [5.41, 5.74) is 0.837. The van der Waals surface area contributed by atoms with Crippen LogP contribution in [-0.4, -0.2) is 17.3 Å². The highest BCUT2D eigenvalue weighted by Crippen LogP contribution is 2.14. The Morgan fingerprint density at radius 2 is 2.25 bits per heavy atom. The average Bonchev–Trinajstić information content (AvgIpc) is 2.73. The van der Waals surface area contributed by atoms with E-state index in [9.17, 15) is 4.79 Å². The van der Waals surface area contributed by atoms with Gasteiger partial charge in [0.2, 0.25) is 0 Å². The molecule has 16 heavy (non-hydrogen) atoms. The number of carbonyl (C=O) groups excluding carboxylic acids is 1. The first-order valence-corrected chi connectivity index (χ1v) is 5.48. The van der Waals surface area contributed by atoms with Crippen LogP contribution in [0.4, 0.5) is 4.79 Å². The maximum atomic E-state index is 11.7. The van der Waals surface area contributed by atoms with Crippen molar-refractivity contribution in [2.45, 2.75) is 19.8 Å². The van der Waals surface area contributed by atoms with Crippen molar-refractivity contribution in [3.05, 3.63) is 36.5 Å². The van der Waals surface area contributed by atoms with Gasteiger partial charge in [0.05, 0.1) is 18.3 Å². The fourth-order valence-electron chi connectivity index (χ4n) is 1.54. The summed E-state index contributed by atoms with van der Waals surface area (Å²) in [5.74, 6) is 0. The second-order valence-electron chi connectivity index (χ2n) is 3.64. The molecule has 0 unspecified atom stereocenters. The quantitative estimate of drug-likeness (QED) is 0.737. The number of para-hydroxylation sites is 1. The minimum atomic E-state index is -0.352. The van der Waals surface area contributed by atoms with Crippen LogP contribution in [0.3, 0.4) is 0 Å². The third-order valence-electron chi connectivity index (χ3n) is 2.43. The van der Waals surface area contributed by atoms with Gasteiger partial charge in [-0.2, -0.15) is 0 Å². The molecule has 3 nitrogen and oxygen atoms in total. The molecule has 1 aromatic carbocycles. The highest BCUT2D eigenvalue weighted by molar-refractivity contribution is 5.89. The molecule has 0 fully saturated rings. The number of fused-ring (bicyclic) bond motifs is 1. The second kappa shape index (κ2) is 4.84. The average molecular weight is 216 g/mol. The van der Waals surface area contributed by atoms with Crippen LogP contribution in [0.25, 0.3) is 10.9 Å². The molecule has 0 bridgehead atoms. The van der Waals surface area contributed by atoms with E-state index < -0.39 is 0 Å². The number of rotatable bonds is 3. The van der Waals surface area contributed by atoms with E-state index in [2.05, 4.69) is 13.1 Å². The normalized spacial score (nSPS) is 10.6. The van der Waals surface area contributed by atoms with Crippen LogP contribution < -0.4 is 0 Å². The zero-order valence-corrected chi connectivity index (χ0v) is 9.27. The minimum absolute atomic E-state index is 0.352. The van der Waals surface area contributed by atoms with Crippen LogP contribution >= 0.6 is 0 Å². The number of hydrogen-bond donors (Lipinski definition) is 0. The van der Waals surface area contributed by atoms with Gasteiger partial charge in [-0.1, -0.05) is 31.5 Å². The molecule has 2 rings (SSSR count). The molecule has 0 aliphatic carbocycles. The highest BCUT2D eigenvalue weighted by Gasteiger charge is 2.09. The van der Waals surface area contributed by atoms with E-state index in [1.54, 1.807) is 6.07 Å². The fourth-order valence-corrected chi connectivity index (χ4v) is 1.54. The van der Waals surface area contributed by atoms with Gasteiger partial charge in [0.1, 0.15) is 0 Å². The van der Waals surface area contributed by atoms with Gasteiger partial charge >= 0.3 is 6.09 Å². The van der Waals surface area contributed by atoms with Crippen molar-refractivity contribution < 1.29 is 9.53 Å². The number of benzene rings is 1. The molecule has 0 saturated carbocycles. The molecule has 0 atom stereocenters. The van der Waals surface area contributed by atoms with E-state index in [-0.39, 0.29) is 6.09 Å². The lowest BCUT2D eigenvalue weighted by molar-refractivity contribution is 0.147. The van der Waals surface area contributed by atoms with Crippen LogP contribution in [0.2, 0.25) is 0 Å². The third kappa shape index (κ3) is 2.08. The van der Waals surface area contributed by atoms with Crippen LogP contribution in [0, 0.1) is 6.20 Å². The Bertz CT molecular complexity index is 487. The molecule has 83 valence electrons. The number of unbranched alkanes of at least 4 members (excludes halogenated alkanes) is 1. The van der Waals surface area contributed by atoms with Gasteiger partial charge in [-0.25, -0.2) is 9.36 Å². The predicted molar refractivity (Wildman–Crippen MR) is 62.4 cm³/mol. The summed E-state index contributed by atoms with van der Waals surface area (Å²) in [4.78, 5) is 11.7. The molecule has 0 saturated heterocycles. The third-order valence-corrected chi connectivity index (χ3v) is 2.43. The summed E-state index contributed by atoms with van der Waals surface area (Å²) >= 11 is 0. The van der Waals surface area contributed by atoms with E-state index in [1.807, 2.05) is 24.3 Å². The molecule has 0 amide bonds. The Balaban J connectivity index is 2.17. The van der Waals surface area contributed by atoms with Crippen molar-refractivity contribution in [2.24, 2.45) is 0 Å². The number of aromatic nitrogens is 1. The standard InChI is InChI=1S/C13H14NO2/c1-2-3-10-16-13(15)14-9-8-11-6-4-5-7-12(11)14/h4-8H,2-3,10H2,1H3. The van der Waals surface area contributed by atoms with Crippen LogP contribution in [0.1, 0.15) is 19.8 Å². The molecule has 1 radical (unpaired) electrons. The maximum Gasteiger partial charge on any atom is 0.419 e. The van der Waals surface area contributed by atoms with Crippen molar-refractivity contribution in [3.8, 4) is 0 Å². The van der Waals surface area contributed by atoms with E-state index >= 15 is 0 Å². The Labute approximate surface area is 94.6 Å². The van der Waals surface area contributed by atoms with E-state index in [0.29, 0.717) is 6.61 Å². The summed E-state index contributed by atoms with van der Waals surface area (Å²) < 4.78 is 6.55. The Morgan fingerprint density at radius 3 is 3.06 bits per heavy atom. The summed E-state index contributed by atoms with van der Waals surface area (Å²) in [6, 6.07) is 9.44. The van der Waals surface area contributed by atoms with Gasteiger partial charge in [-0.15, -0.1) is 0 Å². The lowest BCUT2D eigenvalue weighted by Gasteiger charge is -2.04. The molecule has 3 heteroatoms. The van der Waals surface area contributed by atoms with E-state index in [4.69, 9.17) is 4.74 Å². The SMILES string of the molecule is CCCCOC(=O)n1[c]cc2ccccc21. The molecule has 0 N–H and O–H groups in total. The van der Waals surface area contributed by atoms with Crippen LogP contribution in [0.15, 0.2) is 30.3 Å². The van der Waals surface area contributed by atoms with Gasteiger partial charge in [0.15, 0.2) is 0 Å². The molecule has 0 aliphatic rings. The maximum absolute atomic E-state index is 11.7. The summed E-state index contributed by atoms with van der Waals surface area (Å²) in [6.07, 6.45) is 4.44. The molecule has 1 heterocycles. The fraction of sp³-hybridized carbons (Fsp3) is 0.308. The zero-order chi connectivity index (χ0) is 11.4. The lowest BCUT2D eigenvalue weighted by Crippen LogP contribution is -2.13. The largest absolute Gasteiger partial charge is 0.449 e. The number of carbonyl (C=O) groups is 1. The summed E-state index contributed by atoms with van der Waals surface area (Å²) in [7, 11) is 0. The van der Waals surface area contributed by atoms with Gasteiger partial charge in [-0.3, -0.25) is 0 Å². The topological polar surface area (TPSA) is 31.2 Å². The van der Waals surface area contributed by atoms with E-state index in [1.165, 1.54) is 4.57 Å². The second-order valence-corrected chi connectivity index (χ2v) is 3.64. The molecule has 1 aromatic heterocycles. The molecular formula is C13H14NO2. The number of hydrogen-bond acceptors (Lipinski definition) is 2. The molecular weight excluding hydrogens is 202 g/mol. The van der Waals surface area contributed by atoms with Crippen molar-refractivity contribution in [2.75, 3.05) is 6.61 Å². The van der Waals surface area contributed by atoms with Gasteiger partial charge in [-0.05, 0) is 18.6 Å². The van der Waals surface area contributed by atoms with Crippen molar-refractivity contribution >= 4 is 17.0 Å². The van der Waals surface area contributed by atoms with Crippen LogP contribution in [0.5, 0.6) is 0 Å². The minimum Gasteiger partial charge on any atom is -0.449 e. The Hall–Kier alpha value is -1.77. The number of nitrogens with zero attached hydrogens (tertiary/aromatic N) is 1. The highest BCUT2D eigenvalue weighted by atomic mass is 16.5. The van der Waals surface area contributed by atoms with Crippen LogP contribution in [-0.2, 0) is 4.74 Å². The number of ether oxygens (including phenoxy) is 1. The molecule has 2 aromatic rings. The van der Waals surface area contributed by atoms with E-state index in [0.717, 1.165) is 23.7 Å². The lowest BCUT2D eigenvalue weighted by atomic mass is 10.2. The first kappa shape index (κ1) is 10.7. The zero-order valence-electron chi connectivity index (χ0n) is 9.27. The van der Waals surface area contributed by atoms with Crippen molar-refractivity contribution in [3.63, 3.8) is 0 Å². The molecule has 0 spiro atoms. The molecule has 0 aliphatic heterocycles. The monoisotopic (exact) mass is 216 g/mol. The first-order chi connectivity index (χ1) is 7.83. The van der Waals surface area contributed by atoms with Gasteiger partial charge in [0, 0.05) is 5.39 Å². The Kier molecular flexibility index (Phi) is 3.25. The van der Waals surface area contributed by atoms with Gasteiger partial charge < -0.3 is 4.74 Å². The summed E-state index contributed by atoms with van der Waals surface area (Å²) in [5, 5.41) is 0.995. The van der Waals surface area contributed by atoms with Gasteiger partial charge in [0.25, 0.3) is 0 Å². The Morgan fingerprint density at radius 1 is 1.44 bits per heavy atom. The smallest absolute Gasteiger partial charge is 0.419 e. The predicted octanol–water partition coefficient (Wildman–Crippen LogP) is 3.23. The van der Waals surface area contributed by atoms with Crippen molar-refractivity contribution in [1.29, 1.82) is 0 Å². The summed E-state index contributed by atoms with van der Waals surface area (Å²) in [6.45, 7) is 2.53. The van der Waals surface area contributed by atoms with Crippen molar-refractivity contribution in [1.82, 2.24) is 4.57 Å².